The van der Waals surface area contributed by atoms with Gasteiger partial charge in [0, 0.05) is 18.8 Å². The molecule has 112 valence electrons. The van der Waals surface area contributed by atoms with Crippen LogP contribution in [-0.2, 0) is 16.6 Å². The van der Waals surface area contributed by atoms with E-state index in [-0.39, 0.29) is 5.25 Å². The summed E-state index contributed by atoms with van der Waals surface area (Å²) in [5.41, 5.74) is 7.49. The van der Waals surface area contributed by atoms with E-state index in [0.717, 1.165) is 37.7 Å². The Balaban J connectivity index is 2.20. The lowest BCUT2D eigenvalue weighted by Gasteiger charge is -2.25. The fourth-order valence-electron chi connectivity index (χ4n) is 2.81. The first kappa shape index (κ1) is 15.3. The third-order valence-corrected chi connectivity index (χ3v) is 6.30. The molecule has 1 saturated carbocycles. The van der Waals surface area contributed by atoms with Crippen LogP contribution in [-0.4, -0.2) is 24.5 Å². The number of rotatable bonds is 6. The van der Waals surface area contributed by atoms with Crippen LogP contribution in [0.15, 0.2) is 24.3 Å². The molecule has 1 aliphatic rings. The minimum atomic E-state index is -3.20. The predicted molar refractivity (Wildman–Crippen MR) is 82.7 cm³/mol. The van der Waals surface area contributed by atoms with E-state index >= 15 is 0 Å². The van der Waals surface area contributed by atoms with Gasteiger partial charge in [-0.2, -0.15) is 4.31 Å². The molecule has 0 aromatic heterocycles. The van der Waals surface area contributed by atoms with Gasteiger partial charge in [-0.15, -0.1) is 0 Å². The van der Waals surface area contributed by atoms with E-state index < -0.39 is 10.0 Å². The largest absolute Gasteiger partial charge is 0.398 e. The van der Waals surface area contributed by atoms with Crippen LogP contribution in [0.5, 0.6) is 0 Å². The third-order valence-electron chi connectivity index (χ3n) is 3.96. The molecule has 5 heteroatoms. The first-order chi connectivity index (χ1) is 9.55. The van der Waals surface area contributed by atoms with E-state index in [1.807, 2.05) is 31.2 Å². The molecule has 2 N–H and O–H groups in total. The molecule has 0 spiro atoms. The van der Waals surface area contributed by atoms with Crippen molar-refractivity contribution in [2.75, 3.05) is 12.3 Å². The van der Waals surface area contributed by atoms with Crippen LogP contribution in [0.1, 0.15) is 44.6 Å². The van der Waals surface area contributed by atoms with Gasteiger partial charge in [-0.25, -0.2) is 8.42 Å². The van der Waals surface area contributed by atoms with Gasteiger partial charge in [0.2, 0.25) is 10.0 Å². The van der Waals surface area contributed by atoms with Crippen molar-refractivity contribution in [3.63, 3.8) is 0 Å². The molecule has 0 radical (unpaired) electrons. The second-order valence-electron chi connectivity index (χ2n) is 5.48. The van der Waals surface area contributed by atoms with Crippen molar-refractivity contribution in [1.82, 2.24) is 4.31 Å². The number of hydrogen-bond acceptors (Lipinski definition) is 3. The molecule has 0 bridgehead atoms. The molecule has 0 saturated heterocycles. The Bertz CT molecular complexity index is 537. The second-order valence-corrected chi connectivity index (χ2v) is 7.70. The zero-order valence-corrected chi connectivity index (χ0v) is 12.9. The molecular formula is C15H24N2O2S. The maximum Gasteiger partial charge on any atom is 0.217 e. The number of nitrogen functional groups attached to an aromatic ring is 1. The van der Waals surface area contributed by atoms with Crippen LogP contribution in [0.25, 0.3) is 0 Å². The van der Waals surface area contributed by atoms with Crippen molar-refractivity contribution in [2.45, 2.75) is 50.8 Å². The van der Waals surface area contributed by atoms with E-state index in [9.17, 15) is 8.42 Å². The summed E-state index contributed by atoms with van der Waals surface area (Å²) >= 11 is 0. The minimum Gasteiger partial charge on any atom is -0.398 e. The standard InChI is InChI=1S/C15H24N2O2S/c1-2-11-17(12-13-7-3-6-10-15(13)16)20(18,19)14-8-4-5-9-14/h3,6-7,10,14H,2,4-5,8-9,11-12,16H2,1H3. The predicted octanol–water partition coefficient (Wildman–Crippen LogP) is 2.75. The van der Waals surface area contributed by atoms with E-state index in [0.29, 0.717) is 18.8 Å². The summed E-state index contributed by atoms with van der Waals surface area (Å²) in [6, 6.07) is 7.50. The van der Waals surface area contributed by atoms with E-state index in [1.165, 1.54) is 0 Å². The van der Waals surface area contributed by atoms with E-state index in [4.69, 9.17) is 5.73 Å². The summed E-state index contributed by atoms with van der Waals surface area (Å²) in [4.78, 5) is 0. The number of benzene rings is 1. The van der Waals surface area contributed by atoms with Gasteiger partial charge in [0.05, 0.1) is 5.25 Å². The Kier molecular flexibility index (Phi) is 5.05. The first-order valence-electron chi connectivity index (χ1n) is 7.38. The lowest BCUT2D eigenvalue weighted by molar-refractivity contribution is 0.398. The number of sulfonamides is 1. The first-order valence-corrected chi connectivity index (χ1v) is 8.88. The Labute approximate surface area is 122 Å². The van der Waals surface area contributed by atoms with Gasteiger partial charge in [-0.1, -0.05) is 38.0 Å². The lowest BCUT2D eigenvalue weighted by Crippen LogP contribution is -2.38. The molecular weight excluding hydrogens is 272 g/mol. The molecule has 1 aromatic carbocycles. The van der Waals surface area contributed by atoms with Gasteiger partial charge < -0.3 is 5.73 Å². The Hall–Kier alpha value is -1.07. The van der Waals surface area contributed by atoms with Crippen LogP contribution >= 0.6 is 0 Å². The topological polar surface area (TPSA) is 63.4 Å². The van der Waals surface area contributed by atoms with Crippen molar-refractivity contribution in [3.05, 3.63) is 29.8 Å². The fourth-order valence-corrected chi connectivity index (χ4v) is 4.92. The normalized spacial score (nSPS) is 16.9. The summed E-state index contributed by atoms with van der Waals surface area (Å²) < 4.78 is 27.1. The molecule has 1 aromatic rings. The monoisotopic (exact) mass is 296 g/mol. The number of para-hydroxylation sites is 1. The molecule has 4 nitrogen and oxygen atoms in total. The third kappa shape index (κ3) is 3.33. The molecule has 2 rings (SSSR count). The lowest BCUT2D eigenvalue weighted by atomic mass is 10.2. The quantitative estimate of drug-likeness (QED) is 0.821. The van der Waals surface area contributed by atoms with Crippen molar-refractivity contribution in [1.29, 1.82) is 0 Å². The molecule has 0 atom stereocenters. The highest BCUT2D eigenvalue weighted by Gasteiger charge is 2.33. The van der Waals surface area contributed by atoms with E-state index in [1.54, 1.807) is 4.31 Å². The molecule has 0 unspecified atom stereocenters. The van der Waals surface area contributed by atoms with Crippen molar-refractivity contribution in [3.8, 4) is 0 Å². The summed E-state index contributed by atoms with van der Waals surface area (Å²) in [7, 11) is -3.20. The average molecular weight is 296 g/mol. The maximum absolute atomic E-state index is 12.7. The molecule has 0 amide bonds. The molecule has 0 heterocycles. The number of nitrogens with zero attached hydrogens (tertiary/aromatic N) is 1. The van der Waals surface area contributed by atoms with E-state index in [2.05, 4.69) is 0 Å². The van der Waals surface area contributed by atoms with Crippen LogP contribution < -0.4 is 5.73 Å². The molecule has 20 heavy (non-hydrogen) atoms. The zero-order valence-electron chi connectivity index (χ0n) is 12.1. The Morgan fingerprint density at radius 2 is 1.90 bits per heavy atom. The van der Waals surface area contributed by atoms with Gasteiger partial charge in [-0.3, -0.25) is 0 Å². The van der Waals surface area contributed by atoms with Crippen LogP contribution in [0.2, 0.25) is 0 Å². The molecule has 0 aliphatic heterocycles. The average Bonchev–Trinajstić information content (AvgIpc) is 2.95. The van der Waals surface area contributed by atoms with Gasteiger partial charge in [-0.05, 0) is 30.9 Å². The summed E-state index contributed by atoms with van der Waals surface area (Å²) in [6.45, 7) is 2.96. The van der Waals surface area contributed by atoms with Gasteiger partial charge in [0.15, 0.2) is 0 Å². The van der Waals surface area contributed by atoms with Gasteiger partial charge in [0.25, 0.3) is 0 Å². The minimum absolute atomic E-state index is 0.195. The van der Waals surface area contributed by atoms with Crippen molar-refractivity contribution in [2.24, 2.45) is 0 Å². The molecule has 1 fully saturated rings. The number of hydrogen-bond donors (Lipinski definition) is 1. The Morgan fingerprint density at radius 3 is 2.50 bits per heavy atom. The Morgan fingerprint density at radius 1 is 1.25 bits per heavy atom. The van der Waals surface area contributed by atoms with Gasteiger partial charge in [0.1, 0.15) is 0 Å². The SMILES string of the molecule is CCCN(Cc1ccccc1N)S(=O)(=O)C1CCCC1. The van der Waals surface area contributed by atoms with Crippen molar-refractivity contribution < 1.29 is 8.42 Å². The zero-order chi connectivity index (χ0) is 14.6. The highest BCUT2D eigenvalue weighted by Crippen LogP contribution is 2.28. The maximum atomic E-state index is 12.7. The van der Waals surface area contributed by atoms with Crippen LogP contribution in [0.3, 0.4) is 0 Å². The summed E-state index contributed by atoms with van der Waals surface area (Å²) in [5.74, 6) is 0. The van der Waals surface area contributed by atoms with Crippen LogP contribution in [0, 0.1) is 0 Å². The summed E-state index contributed by atoms with van der Waals surface area (Å²) in [5, 5.41) is -0.195. The molecule has 1 aliphatic carbocycles. The second kappa shape index (κ2) is 6.59. The highest BCUT2D eigenvalue weighted by atomic mass is 32.2. The van der Waals surface area contributed by atoms with Crippen LogP contribution in [0.4, 0.5) is 5.69 Å². The summed E-state index contributed by atoms with van der Waals surface area (Å²) in [6.07, 6.45) is 4.47. The highest BCUT2D eigenvalue weighted by molar-refractivity contribution is 7.89. The number of anilines is 1. The van der Waals surface area contributed by atoms with Gasteiger partial charge >= 0.3 is 0 Å². The van der Waals surface area contributed by atoms with Crippen molar-refractivity contribution >= 4 is 15.7 Å². The number of nitrogens with two attached hydrogens (primary N) is 1. The fraction of sp³-hybridized carbons (Fsp3) is 0.600. The smallest absolute Gasteiger partial charge is 0.217 e.